The molecule has 2 N–H and O–H groups in total. The van der Waals surface area contributed by atoms with Crippen molar-refractivity contribution < 1.29 is 18.8 Å². The minimum atomic E-state index is -0.485. The molecule has 3 aromatic heterocycles. The van der Waals surface area contributed by atoms with Gasteiger partial charge in [-0.25, -0.2) is 9.97 Å². The standard InChI is InChI=1S/C21H20N6O4/c28-19(16-3-1-2-7-22-16)26-18-17(23-8-9-24-18)20(29)25-15-4-10-27(11-5-15)21(30)14-6-12-31-13-14/h1-3,6-9,12-13,15H,4-5,10-11H2,(H,25,29)(H,24,26,28). The van der Waals surface area contributed by atoms with Crippen LogP contribution in [0.25, 0.3) is 0 Å². The number of piperidine rings is 1. The summed E-state index contributed by atoms with van der Waals surface area (Å²) in [4.78, 5) is 51.4. The zero-order chi connectivity index (χ0) is 21.6. The lowest BCUT2D eigenvalue weighted by Gasteiger charge is -2.32. The molecule has 1 fully saturated rings. The predicted octanol–water partition coefficient (Wildman–Crippen LogP) is 1.75. The summed E-state index contributed by atoms with van der Waals surface area (Å²) in [7, 11) is 0. The van der Waals surface area contributed by atoms with Gasteiger partial charge in [-0.2, -0.15) is 0 Å². The number of furan rings is 1. The fraction of sp³-hybridized carbons (Fsp3) is 0.238. The van der Waals surface area contributed by atoms with E-state index in [1.54, 1.807) is 29.2 Å². The SMILES string of the molecule is O=C(Nc1nccnc1C(=O)NC1CCN(C(=O)c2ccoc2)CC1)c1ccccn1. The predicted molar refractivity (Wildman–Crippen MR) is 109 cm³/mol. The molecule has 4 heterocycles. The molecular formula is C21H20N6O4. The maximum Gasteiger partial charge on any atom is 0.275 e. The van der Waals surface area contributed by atoms with Crippen LogP contribution in [0.15, 0.2) is 59.8 Å². The van der Waals surface area contributed by atoms with Crippen molar-refractivity contribution in [3.63, 3.8) is 0 Å². The fourth-order valence-electron chi connectivity index (χ4n) is 3.31. The van der Waals surface area contributed by atoms with Crippen LogP contribution in [-0.2, 0) is 0 Å². The molecule has 0 atom stereocenters. The summed E-state index contributed by atoms with van der Waals surface area (Å²) in [5.74, 6) is -0.958. The van der Waals surface area contributed by atoms with Gasteiger partial charge in [-0.3, -0.25) is 19.4 Å². The highest BCUT2D eigenvalue weighted by Crippen LogP contribution is 2.16. The third kappa shape index (κ3) is 4.74. The number of nitrogens with zero attached hydrogens (tertiary/aromatic N) is 4. The second-order valence-corrected chi connectivity index (χ2v) is 6.97. The lowest BCUT2D eigenvalue weighted by atomic mass is 10.0. The number of rotatable bonds is 5. The first-order valence-corrected chi connectivity index (χ1v) is 9.77. The fourth-order valence-corrected chi connectivity index (χ4v) is 3.31. The average Bonchev–Trinajstić information content (AvgIpc) is 3.35. The van der Waals surface area contributed by atoms with E-state index in [9.17, 15) is 14.4 Å². The molecule has 1 aliphatic rings. The van der Waals surface area contributed by atoms with Gasteiger partial charge in [-0.05, 0) is 31.0 Å². The molecule has 0 radical (unpaired) electrons. The van der Waals surface area contributed by atoms with Crippen LogP contribution in [0.1, 0.15) is 44.2 Å². The molecule has 1 saturated heterocycles. The highest BCUT2D eigenvalue weighted by atomic mass is 16.3. The first kappa shape index (κ1) is 20.2. The van der Waals surface area contributed by atoms with Crippen molar-refractivity contribution in [1.82, 2.24) is 25.2 Å². The molecule has 0 aromatic carbocycles. The maximum atomic E-state index is 12.8. The molecule has 3 amide bonds. The zero-order valence-electron chi connectivity index (χ0n) is 16.5. The first-order valence-electron chi connectivity index (χ1n) is 9.77. The monoisotopic (exact) mass is 420 g/mol. The minimum absolute atomic E-state index is 0.0173. The summed E-state index contributed by atoms with van der Waals surface area (Å²) < 4.78 is 4.96. The third-order valence-electron chi connectivity index (χ3n) is 4.93. The van der Waals surface area contributed by atoms with Crippen molar-refractivity contribution in [2.45, 2.75) is 18.9 Å². The number of amides is 3. The van der Waals surface area contributed by atoms with E-state index in [0.717, 1.165) is 0 Å². The average molecular weight is 420 g/mol. The van der Waals surface area contributed by atoms with E-state index in [1.165, 1.54) is 31.1 Å². The molecule has 0 unspecified atom stereocenters. The van der Waals surface area contributed by atoms with Crippen molar-refractivity contribution >= 4 is 23.5 Å². The topological polar surface area (TPSA) is 130 Å². The van der Waals surface area contributed by atoms with Gasteiger partial charge in [0.15, 0.2) is 11.5 Å². The minimum Gasteiger partial charge on any atom is -0.472 e. The van der Waals surface area contributed by atoms with Crippen LogP contribution >= 0.6 is 0 Å². The van der Waals surface area contributed by atoms with Gasteiger partial charge in [0.05, 0.1) is 11.8 Å². The lowest BCUT2D eigenvalue weighted by Crippen LogP contribution is -2.46. The summed E-state index contributed by atoms with van der Waals surface area (Å²) >= 11 is 0. The van der Waals surface area contributed by atoms with Gasteiger partial charge >= 0.3 is 0 Å². The first-order chi connectivity index (χ1) is 15.1. The Bertz CT molecular complexity index is 1060. The number of carbonyl (C=O) groups is 3. The third-order valence-corrected chi connectivity index (χ3v) is 4.93. The van der Waals surface area contributed by atoms with Crippen molar-refractivity contribution in [2.24, 2.45) is 0 Å². The molecule has 0 spiro atoms. The van der Waals surface area contributed by atoms with Gasteiger partial charge in [0.1, 0.15) is 12.0 Å². The molecule has 1 aliphatic heterocycles. The zero-order valence-corrected chi connectivity index (χ0v) is 16.5. The Morgan fingerprint density at radius 1 is 0.968 bits per heavy atom. The van der Waals surface area contributed by atoms with E-state index in [0.29, 0.717) is 31.5 Å². The van der Waals surface area contributed by atoms with Crippen LogP contribution in [-0.4, -0.2) is 56.7 Å². The molecule has 0 bridgehead atoms. The Morgan fingerprint density at radius 2 is 1.77 bits per heavy atom. The molecular weight excluding hydrogens is 400 g/mol. The van der Waals surface area contributed by atoms with Gasteiger partial charge in [0.25, 0.3) is 17.7 Å². The molecule has 158 valence electrons. The van der Waals surface area contributed by atoms with E-state index in [2.05, 4.69) is 25.6 Å². The number of likely N-dealkylation sites (tertiary alicyclic amines) is 1. The number of pyridine rings is 1. The summed E-state index contributed by atoms with van der Waals surface area (Å²) in [5, 5.41) is 5.50. The second-order valence-electron chi connectivity index (χ2n) is 6.97. The second kappa shape index (κ2) is 9.16. The largest absolute Gasteiger partial charge is 0.472 e. The number of hydrogen-bond donors (Lipinski definition) is 2. The molecule has 31 heavy (non-hydrogen) atoms. The van der Waals surface area contributed by atoms with Gasteiger partial charge in [0.2, 0.25) is 0 Å². The van der Waals surface area contributed by atoms with Gasteiger partial charge in [-0.1, -0.05) is 6.07 Å². The van der Waals surface area contributed by atoms with Gasteiger partial charge in [-0.15, -0.1) is 0 Å². The molecule has 4 rings (SSSR count). The summed E-state index contributed by atoms with van der Waals surface area (Å²) in [5.41, 5.74) is 0.730. The Labute approximate surface area is 177 Å². The van der Waals surface area contributed by atoms with E-state index >= 15 is 0 Å². The smallest absolute Gasteiger partial charge is 0.275 e. The van der Waals surface area contributed by atoms with Crippen LogP contribution in [0, 0.1) is 0 Å². The Kier molecular flexibility index (Phi) is 5.97. The van der Waals surface area contributed by atoms with Crippen molar-refractivity contribution in [2.75, 3.05) is 18.4 Å². The number of hydrogen-bond acceptors (Lipinski definition) is 7. The molecule has 10 heteroatoms. The number of aromatic nitrogens is 3. The van der Waals surface area contributed by atoms with Crippen LogP contribution in [0.2, 0.25) is 0 Å². The summed E-state index contributed by atoms with van der Waals surface area (Å²) in [6.45, 7) is 1.03. The van der Waals surface area contributed by atoms with E-state index < -0.39 is 11.8 Å². The summed E-state index contributed by atoms with van der Waals surface area (Å²) in [6, 6.07) is 6.46. The van der Waals surface area contributed by atoms with Crippen LogP contribution in [0.4, 0.5) is 5.82 Å². The Morgan fingerprint density at radius 3 is 2.48 bits per heavy atom. The maximum absolute atomic E-state index is 12.8. The normalized spacial score (nSPS) is 14.1. The molecule has 0 aliphatic carbocycles. The number of anilines is 1. The summed E-state index contributed by atoms with van der Waals surface area (Å²) in [6.07, 6.45) is 8.37. The highest BCUT2D eigenvalue weighted by Gasteiger charge is 2.26. The van der Waals surface area contributed by atoms with Crippen molar-refractivity contribution in [3.8, 4) is 0 Å². The van der Waals surface area contributed by atoms with Gasteiger partial charge in [0, 0.05) is 37.7 Å². The highest BCUT2D eigenvalue weighted by molar-refractivity contribution is 6.06. The number of carbonyl (C=O) groups excluding carboxylic acids is 3. The van der Waals surface area contributed by atoms with Crippen LogP contribution < -0.4 is 10.6 Å². The Hall–Kier alpha value is -4.08. The van der Waals surface area contributed by atoms with Crippen LogP contribution in [0.3, 0.4) is 0 Å². The van der Waals surface area contributed by atoms with Gasteiger partial charge < -0.3 is 20.0 Å². The molecule has 0 saturated carbocycles. The van der Waals surface area contributed by atoms with E-state index in [1.807, 2.05) is 0 Å². The molecule has 10 nitrogen and oxygen atoms in total. The van der Waals surface area contributed by atoms with E-state index in [4.69, 9.17) is 4.42 Å². The van der Waals surface area contributed by atoms with Crippen molar-refractivity contribution in [1.29, 1.82) is 0 Å². The number of nitrogens with one attached hydrogen (secondary N) is 2. The van der Waals surface area contributed by atoms with Crippen LogP contribution in [0.5, 0.6) is 0 Å². The van der Waals surface area contributed by atoms with E-state index in [-0.39, 0.29) is 29.2 Å². The lowest BCUT2D eigenvalue weighted by molar-refractivity contribution is 0.0697. The molecule has 3 aromatic rings. The Balaban J connectivity index is 1.36. The quantitative estimate of drug-likeness (QED) is 0.643. The van der Waals surface area contributed by atoms with Crippen molar-refractivity contribution in [3.05, 3.63) is 72.3 Å².